The van der Waals surface area contributed by atoms with Gasteiger partial charge in [0.2, 0.25) is 5.91 Å². The molecule has 0 radical (unpaired) electrons. The number of aryl methyl sites for hydroxylation is 1. The van der Waals surface area contributed by atoms with Crippen LogP contribution in [-0.4, -0.2) is 35.7 Å². The number of carbonyl (C=O) groups is 3. The van der Waals surface area contributed by atoms with Crippen molar-refractivity contribution in [3.8, 4) is 0 Å². The largest absolute Gasteiger partial charge is 0.365 e. The second-order valence-electron chi connectivity index (χ2n) is 8.31. The van der Waals surface area contributed by atoms with E-state index in [2.05, 4.69) is 5.32 Å². The van der Waals surface area contributed by atoms with Gasteiger partial charge in [0.05, 0.1) is 11.1 Å². The minimum atomic E-state index is -0.897. The van der Waals surface area contributed by atoms with Gasteiger partial charge < -0.3 is 16.0 Å². The Hall–Kier alpha value is -2.81. The molecule has 3 N–H and O–H groups in total. The first kappa shape index (κ1) is 22.4. The lowest BCUT2D eigenvalue weighted by atomic mass is 9.95. The molecule has 9 heteroatoms. The fraction of sp³-hybridized carbons (Fsp3) is 0.435. The lowest BCUT2D eigenvalue weighted by Gasteiger charge is -2.31. The number of amides is 3. The lowest BCUT2D eigenvalue weighted by molar-refractivity contribution is -0.121. The Balaban J connectivity index is 1.41. The van der Waals surface area contributed by atoms with Crippen molar-refractivity contribution < 1.29 is 23.2 Å². The maximum atomic E-state index is 13.9. The summed E-state index contributed by atoms with van der Waals surface area (Å²) in [4.78, 5) is 40.2. The van der Waals surface area contributed by atoms with Gasteiger partial charge in [-0.15, -0.1) is 11.3 Å². The van der Waals surface area contributed by atoms with Gasteiger partial charge in [0, 0.05) is 30.0 Å². The standard InChI is InChI=1S/C23H25F2N3O3S/c24-14-6-7-15(17(25)12-14)23(31)28-10-8-13(9-11-28)21(30)27-22-19(20(26)29)16-4-2-1-3-5-18(16)32-22/h6-7,12-13H,1-5,8-11H2,(H2,26,29)(H,27,30). The number of carbonyl (C=O) groups excluding carboxylic acids is 3. The van der Waals surface area contributed by atoms with E-state index in [0.717, 1.165) is 54.7 Å². The molecule has 6 nitrogen and oxygen atoms in total. The van der Waals surface area contributed by atoms with E-state index < -0.39 is 23.4 Å². The maximum Gasteiger partial charge on any atom is 0.256 e. The highest BCUT2D eigenvalue weighted by molar-refractivity contribution is 7.17. The Bertz CT molecular complexity index is 1060. The minimum absolute atomic E-state index is 0.180. The van der Waals surface area contributed by atoms with Crippen LogP contribution in [0.15, 0.2) is 18.2 Å². The molecular formula is C23H25F2N3O3S. The molecule has 32 heavy (non-hydrogen) atoms. The molecule has 1 aliphatic heterocycles. The fourth-order valence-corrected chi connectivity index (χ4v) is 5.78. The number of benzene rings is 1. The highest BCUT2D eigenvalue weighted by atomic mass is 32.1. The minimum Gasteiger partial charge on any atom is -0.365 e. The molecule has 1 fully saturated rings. The molecule has 3 amide bonds. The zero-order chi connectivity index (χ0) is 22.8. The van der Waals surface area contributed by atoms with Crippen molar-refractivity contribution in [1.29, 1.82) is 0 Å². The molecule has 4 rings (SSSR count). The van der Waals surface area contributed by atoms with Crippen molar-refractivity contribution in [1.82, 2.24) is 4.90 Å². The van der Waals surface area contributed by atoms with Crippen LogP contribution in [0.25, 0.3) is 0 Å². The number of hydrogen-bond donors (Lipinski definition) is 2. The van der Waals surface area contributed by atoms with Gasteiger partial charge in [0.1, 0.15) is 16.6 Å². The zero-order valence-corrected chi connectivity index (χ0v) is 18.4. The summed E-state index contributed by atoms with van der Waals surface area (Å²) in [5.41, 5.74) is 6.85. The number of hydrogen-bond acceptors (Lipinski definition) is 4. The molecule has 1 aliphatic carbocycles. The molecule has 2 aliphatic rings. The summed E-state index contributed by atoms with van der Waals surface area (Å²) in [6.07, 6.45) is 5.67. The van der Waals surface area contributed by atoms with Crippen LogP contribution in [-0.2, 0) is 17.6 Å². The monoisotopic (exact) mass is 461 g/mol. The van der Waals surface area contributed by atoms with Gasteiger partial charge in [-0.05, 0) is 56.2 Å². The number of fused-ring (bicyclic) bond motifs is 1. The van der Waals surface area contributed by atoms with Crippen LogP contribution in [0.3, 0.4) is 0 Å². The van der Waals surface area contributed by atoms with Crippen LogP contribution in [0.1, 0.15) is 63.3 Å². The molecule has 170 valence electrons. The van der Waals surface area contributed by atoms with E-state index in [1.165, 1.54) is 16.2 Å². The third-order valence-electron chi connectivity index (χ3n) is 6.22. The van der Waals surface area contributed by atoms with Crippen LogP contribution < -0.4 is 11.1 Å². The quantitative estimate of drug-likeness (QED) is 0.677. The summed E-state index contributed by atoms with van der Waals surface area (Å²) in [6.45, 7) is 0.578. The fourth-order valence-electron chi connectivity index (χ4n) is 4.48. The number of rotatable bonds is 4. The third-order valence-corrected chi connectivity index (χ3v) is 7.43. The van der Waals surface area contributed by atoms with Crippen LogP contribution in [0.4, 0.5) is 13.8 Å². The first-order valence-corrected chi connectivity index (χ1v) is 11.7. The van der Waals surface area contributed by atoms with Crippen molar-refractivity contribution in [2.45, 2.75) is 44.9 Å². The van der Waals surface area contributed by atoms with E-state index in [9.17, 15) is 23.2 Å². The van der Waals surface area contributed by atoms with E-state index in [-0.39, 0.29) is 30.5 Å². The third kappa shape index (κ3) is 4.53. The number of nitrogens with zero attached hydrogens (tertiary/aromatic N) is 1. The van der Waals surface area contributed by atoms with Crippen molar-refractivity contribution >= 4 is 34.1 Å². The van der Waals surface area contributed by atoms with Gasteiger partial charge in [-0.1, -0.05) is 6.42 Å². The average molecular weight is 462 g/mol. The second kappa shape index (κ2) is 9.36. The normalized spacial score (nSPS) is 16.9. The average Bonchev–Trinajstić information content (AvgIpc) is 2.94. The molecule has 2 aromatic rings. The van der Waals surface area contributed by atoms with Crippen LogP contribution in [0, 0.1) is 17.6 Å². The smallest absolute Gasteiger partial charge is 0.256 e. The number of thiophene rings is 1. The van der Waals surface area contributed by atoms with Crippen LogP contribution in [0.5, 0.6) is 0 Å². The van der Waals surface area contributed by atoms with Crippen molar-refractivity contribution in [2.24, 2.45) is 11.7 Å². The van der Waals surface area contributed by atoms with Crippen LogP contribution in [0.2, 0.25) is 0 Å². The summed E-state index contributed by atoms with van der Waals surface area (Å²) in [5, 5.41) is 3.42. The predicted octanol–water partition coefficient (Wildman–Crippen LogP) is 3.89. The summed E-state index contributed by atoms with van der Waals surface area (Å²) >= 11 is 1.43. The number of piperidine rings is 1. The Morgan fingerprint density at radius 2 is 1.78 bits per heavy atom. The topological polar surface area (TPSA) is 92.5 Å². The number of anilines is 1. The van der Waals surface area contributed by atoms with Gasteiger partial charge in [0.25, 0.3) is 11.8 Å². The summed E-state index contributed by atoms with van der Waals surface area (Å²) in [6, 6.07) is 2.87. The summed E-state index contributed by atoms with van der Waals surface area (Å²) < 4.78 is 27.0. The number of nitrogens with two attached hydrogens (primary N) is 1. The van der Waals surface area contributed by atoms with E-state index in [4.69, 9.17) is 5.73 Å². The van der Waals surface area contributed by atoms with Crippen molar-refractivity contribution in [3.63, 3.8) is 0 Å². The Morgan fingerprint density at radius 3 is 2.47 bits per heavy atom. The number of primary amides is 1. The van der Waals surface area contributed by atoms with Gasteiger partial charge >= 0.3 is 0 Å². The Kier molecular flexibility index (Phi) is 6.55. The molecule has 0 unspecified atom stereocenters. The zero-order valence-electron chi connectivity index (χ0n) is 17.6. The highest BCUT2D eigenvalue weighted by Crippen LogP contribution is 2.37. The van der Waals surface area contributed by atoms with E-state index in [0.29, 0.717) is 29.5 Å². The first-order valence-electron chi connectivity index (χ1n) is 10.8. The maximum absolute atomic E-state index is 13.9. The number of likely N-dealkylation sites (tertiary alicyclic amines) is 1. The molecule has 0 saturated carbocycles. The van der Waals surface area contributed by atoms with Gasteiger partial charge in [0.15, 0.2) is 0 Å². The lowest BCUT2D eigenvalue weighted by Crippen LogP contribution is -2.41. The SMILES string of the molecule is NC(=O)c1c(NC(=O)C2CCN(C(=O)c3ccc(F)cc3F)CC2)sc2c1CCCCC2. The second-order valence-corrected chi connectivity index (χ2v) is 9.42. The predicted molar refractivity (Wildman–Crippen MR) is 118 cm³/mol. The molecular weight excluding hydrogens is 436 g/mol. The van der Waals surface area contributed by atoms with E-state index in [1.807, 2.05) is 0 Å². The molecule has 2 heterocycles. The van der Waals surface area contributed by atoms with E-state index in [1.54, 1.807) is 0 Å². The molecule has 1 aromatic heterocycles. The van der Waals surface area contributed by atoms with Gasteiger partial charge in [-0.2, -0.15) is 0 Å². The van der Waals surface area contributed by atoms with Crippen molar-refractivity contribution in [3.05, 3.63) is 51.4 Å². The molecule has 0 spiro atoms. The molecule has 1 aromatic carbocycles. The first-order chi connectivity index (χ1) is 15.3. The van der Waals surface area contributed by atoms with Gasteiger partial charge in [-0.3, -0.25) is 14.4 Å². The van der Waals surface area contributed by atoms with E-state index >= 15 is 0 Å². The molecule has 0 atom stereocenters. The Labute approximate surface area is 188 Å². The number of halogens is 2. The summed E-state index contributed by atoms with van der Waals surface area (Å²) in [7, 11) is 0. The van der Waals surface area contributed by atoms with Crippen molar-refractivity contribution in [2.75, 3.05) is 18.4 Å². The Morgan fingerprint density at radius 1 is 1.06 bits per heavy atom. The summed E-state index contributed by atoms with van der Waals surface area (Å²) in [5.74, 6) is -3.22. The number of nitrogens with one attached hydrogen (secondary N) is 1. The molecule has 0 bridgehead atoms. The van der Waals surface area contributed by atoms with Gasteiger partial charge in [-0.25, -0.2) is 8.78 Å². The highest BCUT2D eigenvalue weighted by Gasteiger charge is 2.31. The molecule has 1 saturated heterocycles. The van der Waals surface area contributed by atoms with Crippen LogP contribution >= 0.6 is 11.3 Å².